The monoisotopic (exact) mass is 289 g/mol. The number of ether oxygens (including phenoxy) is 1. The lowest BCUT2D eigenvalue weighted by atomic mass is 10.2. The molecule has 114 valence electrons. The van der Waals surface area contributed by atoms with Crippen molar-refractivity contribution in [2.24, 2.45) is 0 Å². The number of methoxy groups -OCH3 is 1. The first-order valence-corrected chi connectivity index (χ1v) is 7.77. The summed E-state index contributed by atoms with van der Waals surface area (Å²) in [5.41, 5.74) is 1.53. The number of pyridine rings is 1. The Morgan fingerprint density at radius 3 is 2.86 bits per heavy atom. The molecule has 0 amide bonds. The van der Waals surface area contributed by atoms with Crippen LogP contribution in [0, 0.1) is 0 Å². The van der Waals surface area contributed by atoms with Gasteiger partial charge >= 0.3 is 5.97 Å². The van der Waals surface area contributed by atoms with Crippen LogP contribution in [0.3, 0.4) is 0 Å². The molecule has 5 heteroatoms. The molecule has 1 aromatic rings. The summed E-state index contributed by atoms with van der Waals surface area (Å²) >= 11 is 0. The summed E-state index contributed by atoms with van der Waals surface area (Å²) in [6.07, 6.45) is 6.77. The molecule has 2 heterocycles. The van der Waals surface area contributed by atoms with Crippen molar-refractivity contribution >= 4 is 5.97 Å². The maximum atomic E-state index is 11.4. The van der Waals surface area contributed by atoms with E-state index in [1.165, 1.54) is 32.8 Å². The molecule has 0 aromatic carbocycles. The van der Waals surface area contributed by atoms with Crippen LogP contribution in [0.15, 0.2) is 18.3 Å². The molecular formula is C16H23N3O2. The number of rotatable bonds is 6. The van der Waals surface area contributed by atoms with Crippen molar-refractivity contribution in [1.29, 1.82) is 0 Å². The lowest BCUT2D eigenvalue weighted by molar-refractivity contribution is 0.0600. The van der Waals surface area contributed by atoms with Crippen LogP contribution in [0.4, 0.5) is 0 Å². The third kappa shape index (κ3) is 3.80. The molecule has 1 unspecified atom stereocenters. The van der Waals surface area contributed by atoms with E-state index in [2.05, 4.69) is 15.2 Å². The number of hydrogen-bond acceptors (Lipinski definition) is 5. The van der Waals surface area contributed by atoms with E-state index in [1.54, 1.807) is 12.3 Å². The highest BCUT2D eigenvalue weighted by molar-refractivity contribution is 5.88. The number of carbonyl (C=O) groups excluding carboxylic acids is 1. The summed E-state index contributed by atoms with van der Waals surface area (Å²) in [5, 5.41) is 3.56. The molecule has 1 saturated carbocycles. The summed E-state index contributed by atoms with van der Waals surface area (Å²) in [5.74, 6) is -0.330. The molecule has 0 bridgehead atoms. The Labute approximate surface area is 125 Å². The maximum absolute atomic E-state index is 11.4. The minimum absolute atomic E-state index is 0.330. The Morgan fingerprint density at radius 1 is 1.43 bits per heavy atom. The second-order valence-electron chi connectivity index (χ2n) is 5.98. The smallest absolute Gasteiger partial charge is 0.339 e. The van der Waals surface area contributed by atoms with Gasteiger partial charge in [0.1, 0.15) is 0 Å². The van der Waals surface area contributed by atoms with Gasteiger partial charge in [-0.2, -0.15) is 0 Å². The van der Waals surface area contributed by atoms with Crippen LogP contribution in [-0.2, 0) is 11.3 Å². The number of hydrogen-bond donors (Lipinski definition) is 1. The highest BCUT2D eigenvalue weighted by Crippen LogP contribution is 2.28. The summed E-state index contributed by atoms with van der Waals surface area (Å²) in [4.78, 5) is 18.4. The molecule has 5 nitrogen and oxygen atoms in total. The van der Waals surface area contributed by atoms with Gasteiger partial charge in [-0.05, 0) is 44.4 Å². The Hall–Kier alpha value is -1.46. The largest absolute Gasteiger partial charge is 0.465 e. The average Bonchev–Trinajstić information content (AvgIpc) is 3.24. The van der Waals surface area contributed by atoms with E-state index in [0.717, 1.165) is 31.4 Å². The van der Waals surface area contributed by atoms with Crippen LogP contribution in [0.5, 0.6) is 0 Å². The molecule has 1 aliphatic carbocycles. The summed E-state index contributed by atoms with van der Waals surface area (Å²) in [7, 11) is 1.39. The quantitative estimate of drug-likeness (QED) is 0.806. The zero-order valence-electron chi connectivity index (χ0n) is 12.5. The molecule has 1 aliphatic heterocycles. The minimum atomic E-state index is -0.330. The van der Waals surface area contributed by atoms with E-state index in [0.29, 0.717) is 11.6 Å². The molecule has 2 fully saturated rings. The predicted molar refractivity (Wildman–Crippen MR) is 80.0 cm³/mol. The summed E-state index contributed by atoms with van der Waals surface area (Å²) in [6, 6.07) is 5.07. The van der Waals surface area contributed by atoms with Crippen LogP contribution in [0.25, 0.3) is 0 Å². The van der Waals surface area contributed by atoms with Crippen molar-refractivity contribution in [2.75, 3.05) is 20.2 Å². The standard InChI is InChI=1S/C16H23N3O2/c1-21-16(20)12-4-5-14(18-9-12)11-19(15-6-7-15)10-13-3-2-8-17-13/h4-5,9,13,15,17H,2-3,6-8,10-11H2,1H3. The third-order valence-corrected chi connectivity index (χ3v) is 4.29. The highest BCUT2D eigenvalue weighted by Gasteiger charge is 2.31. The van der Waals surface area contributed by atoms with Crippen LogP contribution in [-0.4, -0.2) is 48.1 Å². The van der Waals surface area contributed by atoms with Crippen molar-refractivity contribution in [2.45, 2.75) is 44.3 Å². The van der Waals surface area contributed by atoms with Crippen molar-refractivity contribution in [3.05, 3.63) is 29.6 Å². The first-order chi connectivity index (χ1) is 10.3. The fourth-order valence-electron chi connectivity index (χ4n) is 2.94. The Morgan fingerprint density at radius 2 is 2.29 bits per heavy atom. The SMILES string of the molecule is COC(=O)c1ccc(CN(CC2CCCN2)C2CC2)nc1. The molecule has 2 aliphatic rings. The number of carbonyl (C=O) groups is 1. The van der Waals surface area contributed by atoms with Crippen molar-refractivity contribution in [1.82, 2.24) is 15.2 Å². The third-order valence-electron chi connectivity index (χ3n) is 4.29. The van der Waals surface area contributed by atoms with E-state index >= 15 is 0 Å². The van der Waals surface area contributed by atoms with E-state index in [9.17, 15) is 4.79 Å². The van der Waals surface area contributed by atoms with Gasteiger partial charge in [-0.15, -0.1) is 0 Å². The maximum Gasteiger partial charge on any atom is 0.339 e. The van der Waals surface area contributed by atoms with Gasteiger partial charge in [0.2, 0.25) is 0 Å². The van der Waals surface area contributed by atoms with Crippen LogP contribution in [0.1, 0.15) is 41.7 Å². The van der Waals surface area contributed by atoms with E-state index in [4.69, 9.17) is 4.74 Å². The van der Waals surface area contributed by atoms with Gasteiger partial charge in [-0.1, -0.05) is 0 Å². The molecule has 1 aromatic heterocycles. The van der Waals surface area contributed by atoms with Gasteiger partial charge in [-0.3, -0.25) is 9.88 Å². The molecular weight excluding hydrogens is 266 g/mol. The van der Waals surface area contributed by atoms with Gasteiger partial charge in [0, 0.05) is 31.4 Å². The molecule has 21 heavy (non-hydrogen) atoms. The van der Waals surface area contributed by atoms with E-state index < -0.39 is 0 Å². The zero-order valence-corrected chi connectivity index (χ0v) is 12.5. The number of nitrogens with zero attached hydrogens (tertiary/aromatic N) is 2. The highest BCUT2D eigenvalue weighted by atomic mass is 16.5. The van der Waals surface area contributed by atoms with Gasteiger partial charge in [0.25, 0.3) is 0 Å². The molecule has 1 saturated heterocycles. The number of aromatic nitrogens is 1. The Kier molecular flexibility index (Phi) is 4.51. The Balaban J connectivity index is 1.60. The van der Waals surface area contributed by atoms with Crippen molar-refractivity contribution in [3.63, 3.8) is 0 Å². The number of nitrogens with one attached hydrogen (secondary N) is 1. The van der Waals surface area contributed by atoms with Gasteiger partial charge in [-0.25, -0.2) is 4.79 Å². The normalized spacial score (nSPS) is 21.7. The number of esters is 1. The fourth-order valence-corrected chi connectivity index (χ4v) is 2.94. The lowest BCUT2D eigenvalue weighted by Gasteiger charge is -2.25. The fraction of sp³-hybridized carbons (Fsp3) is 0.625. The topological polar surface area (TPSA) is 54.5 Å². The molecule has 1 N–H and O–H groups in total. The molecule has 0 spiro atoms. The van der Waals surface area contributed by atoms with E-state index in [-0.39, 0.29) is 5.97 Å². The van der Waals surface area contributed by atoms with Crippen molar-refractivity contribution < 1.29 is 9.53 Å². The molecule has 0 radical (unpaired) electrons. The lowest BCUT2D eigenvalue weighted by Crippen LogP contribution is -2.38. The minimum Gasteiger partial charge on any atom is -0.465 e. The van der Waals surface area contributed by atoms with Crippen LogP contribution < -0.4 is 5.32 Å². The van der Waals surface area contributed by atoms with Crippen LogP contribution in [0.2, 0.25) is 0 Å². The predicted octanol–water partition coefficient (Wildman–Crippen LogP) is 1.58. The summed E-state index contributed by atoms with van der Waals surface area (Å²) in [6.45, 7) is 3.12. The van der Waals surface area contributed by atoms with Gasteiger partial charge in [0.15, 0.2) is 0 Å². The van der Waals surface area contributed by atoms with Gasteiger partial charge < -0.3 is 10.1 Å². The first kappa shape index (κ1) is 14.5. The second-order valence-corrected chi connectivity index (χ2v) is 5.98. The molecule has 1 atom stereocenters. The zero-order chi connectivity index (χ0) is 14.7. The average molecular weight is 289 g/mol. The van der Waals surface area contributed by atoms with Crippen molar-refractivity contribution in [3.8, 4) is 0 Å². The van der Waals surface area contributed by atoms with E-state index in [1.807, 2.05) is 6.07 Å². The van der Waals surface area contributed by atoms with Gasteiger partial charge in [0.05, 0.1) is 18.4 Å². The molecule has 3 rings (SSSR count). The first-order valence-electron chi connectivity index (χ1n) is 7.77. The summed E-state index contributed by atoms with van der Waals surface area (Å²) < 4.78 is 4.70. The Bertz CT molecular complexity index is 479. The van der Waals surface area contributed by atoms with Crippen LogP contribution >= 0.6 is 0 Å². The second kappa shape index (κ2) is 6.54.